The molecule has 0 aliphatic carbocycles. The van der Waals surface area contributed by atoms with Crippen molar-refractivity contribution < 1.29 is 13.6 Å². The first kappa shape index (κ1) is 20.8. The van der Waals surface area contributed by atoms with E-state index in [2.05, 4.69) is 4.90 Å². The second kappa shape index (κ2) is 8.12. The molecule has 5 rings (SSSR count). The zero-order valence-electron chi connectivity index (χ0n) is 18.0. The molecule has 2 N–H and O–H groups in total. The van der Waals surface area contributed by atoms with Gasteiger partial charge < -0.3 is 15.5 Å². The molecule has 7 nitrogen and oxygen atoms in total. The first-order chi connectivity index (χ1) is 15.4. The summed E-state index contributed by atoms with van der Waals surface area (Å²) in [5.41, 5.74) is 8.38. The van der Waals surface area contributed by atoms with Crippen molar-refractivity contribution in [3.8, 4) is 0 Å². The second-order valence-corrected chi connectivity index (χ2v) is 8.75. The van der Waals surface area contributed by atoms with E-state index in [1.54, 1.807) is 9.42 Å². The number of carbonyl (C=O) groups excluding carboxylic acids is 1. The summed E-state index contributed by atoms with van der Waals surface area (Å²) in [4.78, 5) is 21.8. The van der Waals surface area contributed by atoms with E-state index in [1.807, 2.05) is 19.2 Å². The molecule has 0 saturated carbocycles. The SMILES string of the molecule is Cc1cn2nc([C@@H]3CCCCN3C(=O)c3ccc(F)cc3F)cc2nc1N1CC[C@H](N)C1. The third-order valence-corrected chi connectivity index (χ3v) is 6.41. The number of likely N-dealkylation sites (tertiary alicyclic amines) is 1. The molecule has 2 fully saturated rings. The van der Waals surface area contributed by atoms with Gasteiger partial charge in [-0.15, -0.1) is 0 Å². The number of aromatic nitrogens is 3. The van der Waals surface area contributed by atoms with E-state index in [1.165, 1.54) is 6.07 Å². The molecule has 2 aliphatic heterocycles. The van der Waals surface area contributed by atoms with E-state index in [9.17, 15) is 13.6 Å². The topological polar surface area (TPSA) is 79.8 Å². The van der Waals surface area contributed by atoms with Gasteiger partial charge in [0.2, 0.25) is 0 Å². The quantitative estimate of drug-likeness (QED) is 0.677. The zero-order chi connectivity index (χ0) is 22.4. The van der Waals surface area contributed by atoms with E-state index >= 15 is 0 Å². The molecule has 2 saturated heterocycles. The molecule has 4 heterocycles. The van der Waals surface area contributed by atoms with Gasteiger partial charge in [-0.05, 0) is 44.7 Å². The number of halogens is 2. The van der Waals surface area contributed by atoms with Gasteiger partial charge in [-0.3, -0.25) is 4.79 Å². The Bertz CT molecular complexity index is 1180. The molecule has 1 aromatic carbocycles. The van der Waals surface area contributed by atoms with Crippen LogP contribution >= 0.6 is 0 Å². The van der Waals surface area contributed by atoms with E-state index in [-0.39, 0.29) is 17.6 Å². The number of fused-ring (bicyclic) bond motifs is 1. The minimum Gasteiger partial charge on any atom is -0.355 e. The third-order valence-electron chi connectivity index (χ3n) is 6.41. The van der Waals surface area contributed by atoms with Crippen molar-refractivity contribution in [1.82, 2.24) is 19.5 Å². The Hall–Kier alpha value is -3.07. The number of nitrogens with zero attached hydrogens (tertiary/aromatic N) is 5. The first-order valence-electron chi connectivity index (χ1n) is 11.0. The highest BCUT2D eigenvalue weighted by molar-refractivity contribution is 5.94. The number of anilines is 1. The van der Waals surface area contributed by atoms with Gasteiger partial charge in [0.1, 0.15) is 17.5 Å². The van der Waals surface area contributed by atoms with Crippen LogP contribution < -0.4 is 10.6 Å². The van der Waals surface area contributed by atoms with Crippen molar-refractivity contribution in [2.75, 3.05) is 24.5 Å². The van der Waals surface area contributed by atoms with Crippen LogP contribution in [0.3, 0.4) is 0 Å². The fraction of sp³-hybridized carbons (Fsp3) is 0.435. The highest BCUT2D eigenvalue weighted by Gasteiger charge is 2.32. The van der Waals surface area contributed by atoms with Crippen LogP contribution in [0.25, 0.3) is 5.65 Å². The predicted molar refractivity (Wildman–Crippen MR) is 117 cm³/mol. The molecule has 32 heavy (non-hydrogen) atoms. The minimum absolute atomic E-state index is 0.122. The molecule has 0 spiro atoms. The van der Waals surface area contributed by atoms with Gasteiger partial charge in [-0.2, -0.15) is 5.10 Å². The molecular formula is C23H26F2N6O. The number of piperidine rings is 1. The molecule has 2 atom stereocenters. The second-order valence-electron chi connectivity index (χ2n) is 8.75. The smallest absolute Gasteiger partial charge is 0.257 e. The van der Waals surface area contributed by atoms with Crippen LogP contribution in [0.2, 0.25) is 0 Å². The van der Waals surface area contributed by atoms with Crippen molar-refractivity contribution in [2.45, 2.75) is 44.7 Å². The lowest BCUT2D eigenvalue weighted by Gasteiger charge is -2.34. The van der Waals surface area contributed by atoms with Crippen molar-refractivity contribution in [2.24, 2.45) is 5.73 Å². The number of nitrogens with two attached hydrogens (primary N) is 1. The van der Waals surface area contributed by atoms with Gasteiger partial charge >= 0.3 is 0 Å². The molecule has 2 aliphatic rings. The number of rotatable bonds is 3. The van der Waals surface area contributed by atoms with E-state index < -0.39 is 17.5 Å². The molecule has 0 bridgehead atoms. The average molecular weight is 440 g/mol. The Kier molecular flexibility index (Phi) is 5.28. The maximum absolute atomic E-state index is 14.3. The number of aryl methyl sites for hydroxylation is 1. The summed E-state index contributed by atoms with van der Waals surface area (Å²) in [5.74, 6) is -1.09. The number of hydrogen-bond donors (Lipinski definition) is 1. The van der Waals surface area contributed by atoms with Crippen molar-refractivity contribution >= 4 is 17.4 Å². The van der Waals surface area contributed by atoms with Gasteiger partial charge in [-0.1, -0.05) is 0 Å². The van der Waals surface area contributed by atoms with Gasteiger partial charge in [0.05, 0.1) is 17.3 Å². The maximum Gasteiger partial charge on any atom is 0.257 e. The summed E-state index contributed by atoms with van der Waals surface area (Å²) >= 11 is 0. The number of amides is 1. The Balaban J connectivity index is 1.47. The van der Waals surface area contributed by atoms with Crippen molar-refractivity contribution in [3.05, 3.63) is 58.9 Å². The molecule has 0 radical (unpaired) electrons. The van der Waals surface area contributed by atoms with Crippen LogP contribution in [0.4, 0.5) is 14.6 Å². The van der Waals surface area contributed by atoms with E-state index in [0.29, 0.717) is 12.2 Å². The summed E-state index contributed by atoms with van der Waals surface area (Å²) < 4.78 is 29.3. The van der Waals surface area contributed by atoms with Crippen LogP contribution in [-0.4, -0.2) is 51.1 Å². The van der Waals surface area contributed by atoms with Crippen LogP contribution in [0, 0.1) is 18.6 Å². The van der Waals surface area contributed by atoms with Gasteiger partial charge in [0, 0.05) is 49.6 Å². The summed E-state index contributed by atoms with van der Waals surface area (Å²) in [6, 6.07) is 4.83. The van der Waals surface area contributed by atoms with E-state index in [0.717, 1.165) is 68.0 Å². The summed E-state index contributed by atoms with van der Waals surface area (Å²) in [7, 11) is 0. The first-order valence-corrected chi connectivity index (χ1v) is 11.0. The Labute approximate surface area is 184 Å². The molecule has 1 amide bonds. The number of carbonyl (C=O) groups is 1. The zero-order valence-corrected chi connectivity index (χ0v) is 18.0. The van der Waals surface area contributed by atoms with E-state index in [4.69, 9.17) is 15.8 Å². The minimum atomic E-state index is -0.847. The van der Waals surface area contributed by atoms with Crippen LogP contribution in [0.5, 0.6) is 0 Å². The lowest BCUT2D eigenvalue weighted by Crippen LogP contribution is -2.39. The lowest BCUT2D eigenvalue weighted by atomic mass is 9.98. The number of benzene rings is 1. The summed E-state index contributed by atoms with van der Waals surface area (Å²) in [6.07, 6.45) is 5.38. The Morgan fingerprint density at radius 1 is 1.16 bits per heavy atom. The van der Waals surface area contributed by atoms with Crippen LogP contribution in [0.15, 0.2) is 30.5 Å². The van der Waals surface area contributed by atoms with Crippen molar-refractivity contribution in [3.63, 3.8) is 0 Å². The highest BCUT2D eigenvalue weighted by atomic mass is 19.1. The van der Waals surface area contributed by atoms with Gasteiger partial charge in [0.25, 0.3) is 5.91 Å². The molecule has 2 aromatic heterocycles. The monoisotopic (exact) mass is 440 g/mol. The summed E-state index contributed by atoms with van der Waals surface area (Å²) in [5, 5.41) is 4.71. The fourth-order valence-corrected chi connectivity index (χ4v) is 4.78. The average Bonchev–Trinajstić information content (AvgIpc) is 3.38. The normalized spacial score (nSPS) is 21.5. The standard InChI is InChI=1S/C23H26F2N6O/c1-14-12-31-21(27-22(14)29-9-7-16(26)13-29)11-19(28-31)20-4-2-3-8-30(20)23(32)17-6-5-15(24)10-18(17)25/h5-6,10-12,16,20H,2-4,7-9,13,26H2,1H3/t16-,20-/m0/s1. The largest absolute Gasteiger partial charge is 0.355 e. The molecule has 0 unspecified atom stereocenters. The third kappa shape index (κ3) is 3.70. The maximum atomic E-state index is 14.3. The Morgan fingerprint density at radius 2 is 2.00 bits per heavy atom. The van der Waals surface area contributed by atoms with Gasteiger partial charge in [-0.25, -0.2) is 18.3 Å². The fourth-order valence-electron chi connectivity index (χ4n) is 4.78. The summed E-state index contributed by atoms with van der Waals surface area (Å²) in [6.45, 7) is 4.15. The molecule has 168 valence electrons. The number of hydrogen-bond acceptors (Lipinski definition) is 5. The Morgan fingerprint density at radius 3 is 2.75 bits per heavy atom. The lowest BCUT2D eigenvalue weighted by molar-refractivity contribution is 0.0601. The van der Waals surface area contributed by atoms with Gasteiger partial charge in [0.15, 0.2) is 5.65 Å². The molecule has 3 aromatic rings. The van der Waals surface area contributed by atoms with Crippen LogP contribution in [0.1, 0.15) is 53.3 Å². The predicted octanol–water partition coefficient (Wildman–Crippen LogP) is 3.22. The van der Waals surface area contributed by atoms with Crippen LogP contribution in [-0.2, 0) is 0 Å². The highest BCUT2D eigenvalue weighted by Crippen LogP contribution is 2.33. The molecule has 9 heteroatoms. The molecular weight excluding hydrogens is 414 g/mol. The van der Waals surface area contributed by atoms with Crippen molar-refractivity contribution in [1.29, 1.82) is 0 Å².